The molecule has 11 rings (SSSR count). The molecule has 5 heteroatoms. The predicted octanol–water partition coefficient (Wildman–Crippen LogP) is 13.7. The minimum atomic E-state index is 0.533. The van der Waals surface area contributed by atoms with Crippen LogP contribution in [0.1, 0.15) is 0 Å². The summed E-state index contributed by atoms with van der Waals surface area (Å²) in [6.07, 6.45) is 0. The molecular formula is C51H31N3O2. The van der Waals surface area contributed by atoms with Crippen molar-refractivity contribution in [2.45, 2.75) is 0 Å². The third-order valence-corrected chi connectivity index (χ3v) is 10.5. The predicted molar refractivity (Wildman–Crippen MR) is 227 cm³/mol. The summed E-state index contributed by atoms with van der Waals surface area (Å²) in [7, 11) is 0. The van der Waals surface area contributed by atoms with Crippen LogP contribution in [0.5, 0.6) is 0 Å². The summed E-state index contributed by atoms with van der Waals surface area (Å²) in [5.74, 6) is 1.72. The van der Waals surface area contributed by atoms with Crippen molar-refractivity contribution in [3.8, 4) is 67.5 Å². The fourth-order valence-corrected chi connectivity index (χ4v) is 7.85. The van der Waals surface area contributed by atoms with E-state index in [-0.39, 0.29) is 0 Å². The summed E-state index contributed by atoms with van der Waals surface area (Å²) in [6.45, 7) is 0. The van der Waals surface area contributed by atoms with Crippen LogP contribution < -0.4 is 0 Å². The SMILES string of the molecule is c1ccc(-c2cc(-c3ccccc3)c3oc4c(-c5nc(-c6ccccc6)nc(-c6ccccc6)n5)ccc(-c5ccc6c(c5)oc5ccccc56)c4c3c2)cc1. The Balaban J connectivity index is 1.24. The van der Waals surface area contributed by atoms with Crippen molar-refractivity contribution in [3.63, 3.8) is 0 Å². The topological polar surface area (TPSA) is 65.0 Å². The zero-order chi connectivity index (χ0) is 37.0. The third-order valence-electron chi connectivity index (χ3n) is 10.5. The van der Waals surface area contributed by atoms with Gasteiger partial charge in [0.2, 0.25) is 0 Å². The summed E-state index contributed by atoms with van der Waals surface area (Å²) in [5, 5.41) is 4.16. The zero-order valence-corrected chi connectivity index (χ0v) is 30.1. The van der Waals surface area contributed by atoms with Crippen molar-refractivity contribution in [1.29, 1.82) is 0 Å². The van der Waals surface area contributed by atoms with Crippen molar-refractivity contribution >= 4 is 43.9 Å². The van der Waals surface area contributed by atoms with Gasteiger partial charge >= 0.3 is 0 Å². The molecule has 11 aromatic rings. The van der Waals surface area contributed by atoms with E-state index in [1.807, 2.05) is 91.0 Å². The number of nitrogens with zero attached hydrogens (tertiary/aromatic N) is 3. The van der Waals surface area contributed by atoms with Crippen LogP contribution in [-0.4, -0.2) is 15.0 Å². The van der Waals surface area contributed by atoms with E-state index >= 15 is 0 Å². The molecule has 0 spiro atoms. The Morgan fingerprint density at radius 1 is 0.286 bits per heavy atom. The number of rotatable bonds is 6. The number of furan rings is 2. The Bertz CT molecular complexity index is 3170. The second-order valence-electron chi connectivity index (χ2n) is 13.9. The first kappa shape index (κ1) is 31.9. The molecule has 0 amide bonds. The number of aromatic nitrogens is 3. The van der Waals surface area contributed by atoms with Crippen LogP contribution in [-0.2, 0) is 0 Å². The van der Waals surface area contributed by atoms with Crippen LogP contribution >= 0.6 is 0 Å². The lowest BCUT2D eigenvalue weighted by molar-refractivity contribution is 0.669. The first-order valence-corrected chi connectivity index (χ1v) is 18.7. The fourth-order valence-electron chi connectivity index (χ4n) is 7.85. The molecule has 0 saturated heterocycles. The normalized spacial score (nSPS) is 11.6. The van der Waals surface area contributed by atoms with Gasteiger partial charge in [0.1, 0.15) is 22.3 Å². The van der Waals surface area contributed by atoms with E-state index in [0.29, 0.717) is 23.1 Å². The summed E-state index contributed by atoms with van der Waals surface area (Å²) in [5.41, 5.74) is 12.1. The van der Waals surface area contributed by atoms with Gasteiger partial charge in [-0.1, -0.05) is 152 Å². The minimum Gasteiger partial charge on any atom is -0.456 e. The largest absolute Gasteiger partial charge is 0.456 e. The van der Waals surface area contributed by atoms with Gasteiger partial charge < -0.3 is 8.83 Å². The van der Waals surface area contributed by atoms with E-state index in [9.17, 15) is 0 Å². The Morgan fingerprint density at radius 3 is 1.52 bits per heavy atom. The molecule has 56 heavy (non-hydrogen) atoms. The van der Waals surface area contributed by atoms with Crippen LogP contribution in [0.4, 0.5) is 0 Å². The molecule has 0 bridgehead atoms. The summed E-state index contributed by atoms with van der Waals surface area (Å²) in [6, 6.07) is 64.5. The molecule has 5 nitrogen and oxygen atoms in total. The second-order valence-corrected chi connectivity index (χ2v) is 13.9. The molecule has 0 unspecified atom stereocenters. The van der Waals surface area contributed by atoms with Gasteiger partial charge in [-0.2, -0.15) is 0 Å². The van der Waals surface area contributed by atoms with Crippen LogP contribution in [0, 0.1) is 0 Å². The van der Waals surface area contributed by atoms with Crippen LogP contribution in [0.3, 0.4) is 0 Å². The minimum absolute atomic E-state index is 0.533. The van der Waals surface area contributed by atoms with Crippen molar-refractivity contribution in [3.05, 3.63) is 188 Å². The van der Waals surface area contributed by atoms with E-state index in [1.54, 1.807) is 0 Å². The Hall–Kier alpha value is -7.63. The summed E-state index contributed by atoms with van der Waals surface area (Å²) < 4.78 is 13.6. The molecule has 0 fully saturated rings. The van der Waals surface area contributed by atoms with E-state index in [4.69, 9.17) is 23.8 Å². The highest BCUT2D eigenvalue weighted by Crippen LogP contribution is 2.46. The van der Waals surface area contributed by atoms with E-state index < -0.39 is 0 Å². The molecule has 3 heterocycles. The standard InChI is InChI=1S/C51H31N3O2/c1-5-15-32(16-6-1)37-29-42(33-17-7-2-8-18-33)47-43(30-37)46-38(36-25-26-40-39-23-13-14-24-44(39)55-45(40)31-36)27-28-41(48(46)56-47)51-53-49(34-19-9-3-10-20-34)52-50(54-51)35-21-11-4-12-22-35/h1-31H. The van der Waals surface area contributed by atoms with Gasteiger partial charge in [0.15, 0.2) is 17.5 Å². The number of benzene rings is 8. The lowest BCUT2D eigenvalue weighted by Gasteiger charge is -2.11. The van der Waals surface area contributed by atoms with Crippen molar-refractivity contribution in [2.24, 2.45) is 0 Å². The number of hydrogen-bond acceptors (Lipinski definition) is 5. The van der Waals surface area contributed by atoms with Crippen LogP contribution in [0.2, 0.25) is 0 Å². The molecule has 0 saturated carbocycles. The van der Waals surface area contributed by atoms with Gasteiger partial charge in [0, 0.05) is 38.2 Å². The first-order chi connectivity index (χ1) is 27.7. The first-order valence-electron chi connectivity index (χ1n) is 18.7. The van der Waals surface area contributed by atoms with Gasteiger partial charge in [-0.3, -0.25) is 0 Å². The second kappa shape index (κ2) is 13.0. The lowest BCUT2D eigenvalue weighted by atomic mass is 9.92. The highest BCUT2D eigenvalue weighted by Gasteiger charge is 2.24. The average molecular weight is 718 g/mol. The molecule has 0 aliphatic carbocycles. The van der Waals surface area contributed by atoms with Crippen molar-refractivity contribution in [2.75, 3.05) is 0 Å². The van der Waals surface area contributed by atoms with Gasteiger partial charge in [0.25, 0.3) is 0 Å². The quantitative estimate of drug-likeness (QED) is 0.171. The molecule has 0 radical (unpaired) electrons. The number of fused-ring (bicyclic) bond motifs is 6. The smallest absolute Gasteiger partial charge is 0.167 e. The maximum atomic E-state index is 7.18. The van der Waals surface area contributed by atoms with E-state index in [0.717, 1.165) is 88.4 Å². The third kappa shape index (κ3) is 5.37. The highest BCUT2D eigenvalue weighted by molar-refractivity contribution is 6.20. The molecule has 0 N–H and O–H groups in total. The molecule has 262 valence electrons. The molecular weight excluding hydrogens is 687 g/mol. The Morgan fingerprint density at radius 2 is 0.839 bits per heavy atom. The van der Waals surface area contributed by atoms with Gasteiger partial charge in [-0.25, -0.2) is 15.0 Å². The van der Waals surface area contributed by atoms with E-state index in [2.05, 4.69) is 97.1 Å². The van der Waals surface area contributed by atoms with E-state index in [1.165, 1.54) is 0 Å². The Labute approximate surface area is 322 Å². The summed E-state index contributed by atoms with van der Waals surface area (Å²) >= 11 is 0. The maximum absolute atomic E-state index is 7.18. The molecule has 3 aromatic heterocycles. The molecule has 0 aliphatic heterocycles. The Kier molecular flexibility index (Phi) is 7.42. The van der Waals surface area contributed by atoms with Crippen molar-refractivity contribution < 1.29 is 8.83 Å². The lowest BCUT2D eigenvalue weighted by Crippen LogP contribution is -2.00. The molecule has 0 aliphatic rings. The zero-order valence-electron chi connectivity index (χ0n) is 30.1. The molecule has 8 aromatic carbocycles. The average Bonchev–Trinajstić information content (AvgIpc) is 3.85. The summed E-state index contributed by atoms with van der Waals surface area (Å²) in [4.78, 5) is 15.2. The number of para-hydroxylation sites is 1. The van der Waals surface area contributed by atoms with Gasteiger partial charge in [0.05, 0.1) is 5.56 Å². The van der Waals surface area contributed by atoms with Crippen LogP contribution in [0.25, 0.3) is 111 Å². The number of hydrogen-bond donors (Lipinski definition) is 0. The maximum Gasteiger partial charge on any atom is 0.167 e. The monoisotopic (exact) mass is 717 g/mol. The van der Waals surface area contributed by atoms with Crippen molar-refractivity contribution in [1.82, 2.24) is 15.0 Å². The van der Waals surface area contributed by atoms with Gasteiger partial charge in [-0.15, -0.1) is 0 Å². The fraction of sp³-hybridized carbons (Fsp3) is 0. The highest BCUT2D eigenvalue weighted by atomic mass is 16.3. The van der Waals surface area contributed by atoms with Gasteiger partial charge in [-0.05, 0) is 64.2 Å². The molecule has 0 atom stereocenters. The van der Waals surface area contributed by atoms with Crippen LogP contribution in [0.15, 0.2) is 197 Å².